The van der Waals surface area contributed by atoms with E-state index in [1.165, 1.54) is 17.7 Å². The highest BCUT2D eigenvalue weighted by atomic mass is 32.2. The quantitative estimate of drug-likeness (QED) is 0.460. The van der Waals surface area contributed by atoms with E-state index < -0.39 is 6.04 Å². The first-order valence-corrected chi connectivity index (χ1v) is 12.1. The Balaban J connectivity index is 2.06. The summed E-state index contributed by atoms with van der Waals surface area (Å²) in [4.78, 5) is 27.7. The summed E-state index contributed by atoms with van der Waals surface area (Å²) in [6, 6.07) is 15.7. The Bertz CT molecular complexity index is 814. The first kappa shape index (κ1) is 24.9. The fourth-order valence-electron chi connectivity index (χ4n) is 3.21. The number of nitrogens with zero attached hydrogens (tertiary/aromatic N) is 1. The van der Waals surface area contributed by atoms with Gasteiger partial charge < -0.3 is 10.2 Å². The van der Waals surface area contributed by atoms with Crippen LogP contribution in [0.4, 0.5) is 4.39 Å². The topological polar surface area (TPSA) is 49.4 Å². The predicted octanol–water partition coefficient (Wildman–Crippen LogP) is 5.17. The minimum Gasteiger partial charge on any atom is -0.352 e. The molecule has 0 fully saturated rings. The second-order valence-electron chi connectivity index (χ2n) is 7.68. The van der Waals surface area contributed by atoms with Gasteiger partial charge in [-0.25, -0.2) is 4.39 Å². The van der Waals surface area contributed by atoms with Crippen molar-refractivity contribution in [1.29, 1.82) is 0 Å². The van der Waals surface area contributed by atoms with E-state index in [2.05, 4.69) is 17.4 Å². The molecule has 0 saturated carbocycles. The molecule has 2 aromatic rings. The van der Waals surface area contributed by atoms with Gasteiger partial charge in [-0.05, 0) is 43.0 Å². The normalized spacial score (nSPS) is 12.8. The average molecular weight is 445 g/mol. The minimum absolute atomic E-state index is 0.0470. The van der Waals surface area contributed by atoms with Gasteiger partial charge in [-0.15, -0.1) is 0 Å². The molecule has 0 aliphatic heterocycles. The van der Waals surface area contributed by atoms with Gasteiger partial charge in [-0.2, -0.15) is 11.8 Å². The summed E-state index contributed by atoms with van der Waals surface area (Å²) < 4.78 is 13.3. The molecule has 0 aliphatic rings. The van der Waals surface area contributed by atoms with E-state index in [0.29, 0.717) is 18.6 Å². The SMILES string of the molecule is CC[C@@H](C)NC(=O)[C@H](CC)N(Cc1ccc(F)cc1)C(=O)CCSCc1ccccc1. The summed E-state index contributed by atoms with van der Waals surface area (Å²) in [5, 5.41) is 3.00. The minimum atomic E-state index is -0.550. The lowest BCUT2D eigenvalue weighted by Crippen LogP contribution is -2.50. The van der Waals surface area contributed by atoms with Crippen LogP contribution in [0.15, 0.2) is 54.6 Å². The molecule has 0 spiro atoms. The van der Waals surface area contributed by atoms with Crippen LogP contribution in [0.3, 0.4) is 0 Å². The van der Waals surface area contributed by atoms with Crippen molar-refractivity contribution < 1.29 is 14.0 Å². The molecule has 0 heterocycles. The Morgan fingerprint density at radius 3 is 2.29 bits per heavy atom. The third-order valence-corrected chi connectivity index (χ3v) is 6.26. The van der Waals surface area contributed by atoms with Crippen LogP contribution in [0, 0.1) is 5.82 Å². The molecule has 4 nitrogen and oxygen atoms in total. The van der Waals surface area contributed by atoms with Crippen LogP contribution in [-0.2, 0) is 21.9 Å². The Hall–Kier alpha value is -2.34. The molecule has 31 heavy (non-hydrogen) atoms. The molecule has 2 atom stereocenters. The molecule has 168 valence electrons. The van der Waals surface area contributed by atoms with Crippen LogP contribution in [0.5, 0.6) is 0 Å². The van der Waals surface area contributed by atoms with Crippen molar-refractivity contribution in [1.82, 2.24) is 10.2 Å². The highest BCUT2D eigenvalue weighted by Crippen LogP contribution is 2.17. The second kappa shape index (κ2) is 13.2. The smallest absolute Gasteiger partial charge is 0.243 e. The molecule has 0 unspecified atom stereocenters. The van der Waals surface area contributed by atoms with Crippen LogP contribution < -0.4 is 5.32 Å². The van der Waals surface area contributed by atoms with Crippen molar-refractivity contribution >= 4 is 23.6 Å². The van der Waals surface area contributed by atoms with Crippen molar-refractivity contribution in [3.05, 3.63) is 71.5 Å². The molecule has 0 saturated heterocycles. The number of amides is 2. The molecule has 2 aromatic carbocycles. The zero-order valence-corrected chi connectivity index (χ0v) is 19.5. The van der Waals surface area contributed by atoms with E-state index in [1.54, 1.807) is 28.8 Å². The number of nitrogens with one attached hydrogen (secondary N) is 1. The van der Waals surface area contributed by atoms with E-state index in [-0.39, 0.29) is 30.2 Å². The monoisotopic (exact) mass is 444 g/mol. The van der Waals surface area contributed by atoms with Gasteiger partial charge in [0.15, 0.2) is 0 Å². The zero-order chi connectivity index (χ0) is 22.6. The highest BCUT2D eigenvalue weighted by Gasteiger charge is 2.28. The zero-order valence-electron chi connectivity index (χ0n) is 18.6. The summed E-state index contributed by atoms with van der Waals surface area (Å²) in [6.07, 6.45) is 1.70. The van der Waals surface area contributed by atoms with E-state index >= 15 is 0 Å². The number of hydrogen-bond acceptors (Lipinski definition) is 3. The Morgan fingerprint density at radius 1 is 1.00 bits per heavy atom. The summed E-state index contributed by atoms with van der Waals surface area (Å²) in [5.74, 6) is 1.01. The van der Waals surface area contributed by atoms with Crippen molar-refractivity contribution in [3.8, 4) is 0 Å². The summed E-state index contributed by atoms with van der Waals surface area (Å²) in [5.41, 5.74) is 2.03. The molecule has 2 amide bonds. The molecule has 1 N–H and O–H groups in total. The lowest BCUT2D eigenvalue weighted by molar-refractivity contribution is -0.141. The molecular weight excluding hydrogens is 411 g/mol. The summed E-state index contributed by atoms with van der Waals surface area (Å²) in [7, 11) is 0. The molecular formula is C25H33FN2O2S. The van der Waals surface area contributed by atoms with Gasteiger partial charge in [0.25, 0.3) is 0 Å². The second-order valence-corrected chi connectivity index (χ2v) is 8.78. The number of hydrogen-bond donors (Lipinski definition) is 1. The first-order valence-electron chi connectivity index (χ1n) is 10.9. The lowest BCUT2D eigenvalue weighted by Gasteiger charge is -2.31. The molecule has 0 aromatic heterocycles. The van der Waals surface area contributed by atoms with Gasteiger partial charge >= 0.3 is 0 Å². The lowest BCUT2D eigenvalue weighted by atomic mass is 10.1. The van der Waals surface area contributed by atoms with E-state index in [0.717, 1.165) is 17.7 Å². The summed E-state index contributed by atoms with van der Waals surface area (Å²) >= 11 is 1.70. The highest BCUT2D eigenvalue weighted by molar-refractivity contribution is 7.98. The van der Waals surface area contributed by atoms with Crippen molar-refractivity contribution in [2.45, 2.75) is 64.4 Å². The Kier molecular flexibility index (Phi) is 10.6. The average Bonchev–Trinajstić information content (AvgIpc) is 2.78. The van der Waals surface area contributed by atoms with E-state index in [9.17, 15) is 14.0 Å². The van der Waals surface area contributed by atoms with Gasteiger partial charge in [0, 0.05) is 30.5 Å². The molecule has 0 radical (unpaired) electrons. The first-order chi connectivity index (χ1) is 14.9. The number of rotatable bonds is 12. The largest absolute Gasteiger partial charge is 0.352 e. The third-order valence-electron chi connectivity index (χ3n) is 5.22. The standard InChI is InChI=1S/C25H33FN2O2S/c1-4-19(3)27-25(30)23(5-2)28(17-20-11-13-22(26)14-12-20)24(29)15-16-31-18-21-9-7-6-8-10-21/h6-14,19,23H,4-5,15-18H2,1-3H3,(H,27,30)/t19-,23+/m1/s1. The van der Waals surface area contributed by atoms with E-state index in [1.807, 2.05) is 39.0 Å². The van der Waals surface area contributed by atoms with Crippen LogP contribution >= 0.6 is 11.8 Å². The fourth-order valence-corrected chi connectivity index (χ4v) is 4.11. The van der Waals surface area contributed by atoms with Gasteiger partial charge in [-0.1, -0.05) is 56.3 Å². The summed E-state index contributed by atoms with van der Waals surface area (Å²) in [6.45, 7) is 6.17. The maximum atomic E-state index is 13.3. The number of carbonyl (C=O) groups is 2. The number of benzene rings is 2. The Labute approximate surface area is 189 Å². The number of halogens is 1. The van der Waals surface area contributed by atoms with Gasteiger partial charge in [-0.3, -0.25) is 9.59 Å². The number of thioether (sulfide) groups is 1. The van der Waals surface area contributed by atoms with Crippen LogP contribution in [0.2, 0.25) is 0 Å². The van der Waals surface area contributed by atoms with Gasteiger partial charge in [0.05, 0.1) is 0 Å². The molecule has 6 heteroatoms. The number of carbonyl (C=O) groups excluding carboxylic acids is 2. The Morgan fingerprint density at radius 2 is 1.68 bits per heavy atom. The maximum Gasteiger partial charge on any atom is 0.243 e. The molecule has 0 bridgehead atoms. The van der Waals surface area contributed by atoms with Crippen molar-refractivity contribution in [2.75, 3.05) is 5.75 Å². The van der Waals surface area contributed by atoms with Crippen LogP contribution in [0.25, 0.3) is 0 Å². The van der Waals surface area contributed by atoms with Crippen LogP contribution in [-0.4, -0.2) is 34.6 Å². The van der Waals surface area contributed by atoms with Crippen LogP contribution in [0.1, 0.15) is 51.2 Å². The maximum absolute atomic E-state index is 13.3. The molecule has 0 aliphatic carbocycles. The van der Waals surface area contributed by atoms with E-state index in [4.69, 9.17) is 0 Å². The predicted molar refractivity (Wildman–Crippen MR) is 126 cm³/mol. The van der Waals surface area contributed by atoms with Crippen molar-refractivity contribution in [2.24, 2.45) is 0 Å². The van der Waals surface area contributed by atoms with Crippen molar-refractivity contribution in [3.63, 3.8) is 0 Å². The third kappa shape index (κ3) is 8.37. The van der Waals surface area contributed by atoms with Gasteiger partial charge in [0.2, 0.25) is 11.8 Å². The molecule has 2 rings (SSSR count). The van der Waals surface area contributed by atoms with Gasteiger partial charge in [0.1, 0.15) is 11.9 Å². The fraction of sp³-hybridized carbons (Fsp3) is 0.440.